The summed E-state index contributed by atoms with van der Waals surface area (Å²) in [6, 6.07) is 15.2. The maximum Gasteiger partial charge on any atom is 0.134 e. The number of benzene rings is 2. The zero-order chi connectivity index (χ0) is 16.4. The van der Waals surface area contributed by atoms with Gasteiger partial charge in [-0.1, -0.05) is 42.8 Å². The van der Waals surface area contributed by atoms with Crippen LogP contribution in [0, 0.1) is 5.82 Å². The molecule has 4 rings (SSSR count). The van der Waals surface area contributed by atoms with Gasteiger partial charge in [0, 0.05) is 22.1 Å². The topological polar surface area (TPSA) is 9.23 Å². The second-order valence-electron chi connectivity index (χ2n) is 6.54. The van der Waals surface area contributed by atoms with Crippen molar-refractivity contribution in [1.82, 2.24) is 0 Å². The highest BCUT2D eigenvalue weighted by Gasteiger charge is 2.28. The molecule has 3 heteroatoms. The van der Waals surface area contributed by atoms with Crippen molar-refractivity contribution >= 4 is 17.3 Å². The second kappa shape index (κ2) is 7.02. The summed E-state index contributed by atoms with van der Waals surface area (Å²) in [6.07, 6.45) is 7.06. The van der Waals surface area contributed by atoms with Crippen LogP contribution in [0.25, 0.3) is 5.57 Å². The summed E-state index contributed by atoms with van der Waals surface area (Å²) in [5, 5.41) is 1.23. The van der Waals surface area contributed by atoms with Crippen LogP contribution in [0.1, 0.15) is 36.8 Å². The smallest absolute Gasteiger partial charge is 0.134 e. The van der Waals surface area contributed by atoms with Crippen molar-refractivity contribution in [2.75, 3.05) is 0 Å². The lowest BCUT2D eigenvalue weighted by atomic mass is 9.93. The van der Waals surface area contributed by atoms with Gasteiger partial charge in [0.15, 0.2) is 0 Å². The molecule has 1 saturated heterocycles. The summed E-state index contributed by atoms with van der Waals surface area (Å²) < 4.78 is 20.3. The maximum atomic E-state index is 14.6. The molecule has 0 saturated carbocycles. The van der Waals surface area contributed by atoms with E-state index in [1.54, 1.807) is 0 Å². The van der Waals surface area contributed by atoms with Crippen LogP contribution in [0.15, 0.2) is 54.6 Å². The third-order valence-corrected chi connectivity index (χ3v) is 6.26. The maximum absolute atomic E-state index is 14.6. The molecule has 2 bridgehead atoms. The van der Waals surface area contributed by atoms with Gasteiger partial charge in [-0.15, -0.1) is 0 Å². The minimum atomic E-state index is -0.170. The molecule has 2 unspecified atom stereocenters. The van der Waals surface area contributed by atoms with Crippen molar-refractivity contribution in [3.05, 3.63) is 71.6 Å². The Labute approximate surface area is 146 Å². The van der Waals surface area contributed by atoms with Crippen LogP contribution >= 0.6 is 11.8 Å². The van der Waals surface area contributed by atoms with Crippen LogP contribution in [-0.2, 0) is 6.61 Å². The van der Waals surface area contributed by atoms with E-state index in [9.17, 15) is 4.39 Å². The molecule has 24 heavy (non-hydrogen) atoms. The lowest BCUT2D eigenvalue weighted by molar-refractivity contribution is 0.304. The lowest BCUT2D eigenvalue weighted by Crippen LogP contribution is -2.21. The zero-order valence-corrected chi connectivity index (χ0v) is 14.4. The van der Waals surface area contributed by atoms with Crippen molar-refractivity contribution in [2.45, 2.75) is 42.8 Å². The fourth-order valence-electron chi connectivity index (χ4n) is 3.53. The van der Waals surface area contributed by atoms with Crippen LogP contribution in [0.4, 0.5) is 4.39 Å². The van der Waals surface area contributed by atoms with Gasteiger partial charge in [-0.05, 0) is 42.5 Å². The van der Waals surface area contributed by atoms with E-state index in [4.69, 9.17) is 4.74 Å². The first kappa shape index (κ1) is 15.8. The molecule has 2 aliphatic rings. The number of fused-ring (bicyclic) bond motifs is 2. The van der Waals surface area contributed by atoms with Gasteiger partial charge >= 0.3 is 0 Å². The molecule has 2 heterocycles. The van der Waals surface area contributed by atoms with Gasteiger partial charge in [-0.25, -0.2) is 4.39 Å². The van der Waals surface area contributed by atoms with Gasteiger partial charge in [-0.2, -0.15) is 11.8 Å². The van der Waals surface area contributed by atoms with Crippen LogP contribution < -0.4 is 4.74 Å². The molecule has 2 atom stereocenters. The highest BCUT2D eigenvalue weighted by molar-refractivity contribution is 8.00. The van der Waals surface area contributed by atoms with Crippen LogP contribution in [0.5, 0.6) is 5.75 Å². The van der Waals surface area contributed by atoms with Crippen LogP contribution in [-0.4, -0.2) is 10.5 Å². The Hall–Kier alpha value is -1.74. The van der Waals surface area contributed by atoms with E-state index in [2.05, 4.69) is 17.8 Å². The van der Waals surface area contributed by atoms with Crippen LogP contribution in [0.3, 0.4) is 0 Å². The summed E-state index contributed by atoms with van der Waals surface area (Å²) in [4.78, 5) is 0. The average Bonchev–Trinajstić information content (AvgIpc) is 2.60. The molecule has 0 aromatic heterocycles. The molecule has 0 amide bonds. The number of ether oxygens (including phenoxy) is 1. The van der Waals surface area contributed by atoms with E-state index in [-0.39, 0.29) is 5.82 Å². The minimum absolute atomic E-state index is 0.170. The quantitative estimate of drug-likeness (QED) is 0.691. The first-order chi connectivity index (χ1) is 11.8. The molecular formula is C21H21FOS. The summed E-state index contributed by atoms with van der Waals surface area (Å²) in [5.74, 6) is 0.419. The first-order valence-electron chi connectivity index (χ1n) is 8.61. The third kappa shape index (κ3) is 3.51. The van der Waals surface area contributed by atoms with Gasteiger partial charge in [-0.3, -0.25) is 0 Å². The number of halogens is 1. The fraction of sp³-hybridized carbons (Fsp3) is 0.333. The predicted molar refractivity (Wildman–Crippen MR) is 98.8 cm³/mol. The Balaban J connectivity index is 1.49. The largest absolute Gasteiger partial charge is 0.489 e. The molecule has 0 N–H and O–H groups in total. The van der Waals surface area contributed by atoms with Gasteiger partial charge in [0.25, 0.3) is 0 Å². The molecular weight excluding hydrogens is 319 g/mol. The van der Waals surface area contributed by atoms with E-state index in [0.717, 1.165) is 17.5 Å². The molecule has 0 aliphatic carbocycles. The first-order valence-corrected chi connectivity index (χ1v) is 9.55. The van der Waals surface area contributed by atoms with Gasteiger partial charge in [0.1, 0.15) is 18.2 Å². The summed E-state index contributed by atoms with van der Waals surface area (Å²) in [7, 11) is 0. The molecule has 0 spiro atoms. The Morgan fingerprint density at radius 1 is 1.08 bits per heavy atom. The highest BCUT2D eigenvalue weighted by atomic mass is 32.2. The normalized spacial score (nSPS) is 22.8. The molecule has 2 aromatic carbocycles. The van der Waals surface area contributed by atoms with Crippen molar-refractivity contribution < 1.29 is 9.13 Å². The zero-order valence-electron chi connectivity index (χ0n) is 13.6. The Kier molecular flexibility index (Phi) is 4.61. The molecule has 0 radical (unpaired) electrons. The lowest BCUT2D eigenvalue weighted by Gasteiger charge is -2.33. The third-order valence-electron chi connectivity index (χ3n) is 4.75. The molecule has 2 aliphatic heterocycles. The number of hydrogen-bond donors (Lipinski definition) is 0. The molecule has 1 nitrogen and oxygen atoms in total. The molecule has 1 fully saturated rings. The number of thioether (sulfide) groups is 1. The second-order valence-corrected chi connectivity index (χ2v) is 8.08. The van der Waals surface area contributed by atoms with Crippen molar-refractivity contribution in [3.8, 4) is 5.75 Å². The number of allylic oxidation sites excluding steroid dienone is 1. The standard InChI is InChI=1S/C21H21FOS/c22-21-13-17(23-14-15-5-2-1-3-6-15)9-10-20(21)16-11-18-7-4-8-19(12-16)24-18/h1-3,5-6,9-11,13,18-19H,4,7-8,12,14H2. The van der Waals surface area contributed by atoms with Gasteiger partial charge < -0.3 is 4.74 Å². The van der Waals surface area contributed by atoms with Gasteiger partial charge in [0.2, 0.25) is 0 Å². The highest BCUT2D eigenvalue weighted by Crippen LogP contribution is 2.43. The van der Waals surface area contributed by atoms with Crippen molar-refractivity contribution in [2.24, 2.45) is 0 Å². The Bertz CT molecular complexity index is 741. The minimum Gasteiger partial charge on any atom is -0.489 e. The number of hydrogen-bond acceptors (Lipinski definition) is 2. The summed E-state index contributed by atoms with van der Waals surface area (Å²) in [6.45, 7) is 0.461. The van der Waals surface area contributed by atoms with Gasteiger partial charge in [0.05, 0.1) is 0 Å². The Morgan fingerprint density at radius 3 is 2.75 bits per heavy atom. The van der Waals surface area contributed by atoms with E-state index in [1.807, 2.05) is 42.5 Å². The van der Waals surface area contributed by atoms with Crippen LogP contribution in [0.2, 0.25) is 0 Å². The van der Waals surface area contributed by atoms with E-state index in [0.29, 0.717) is 22.9 Å². The molecule has 124 valence electrons. The SMILES string of the molecule is Fc1cc(OCc2ccccc2)ccc1C1=CC2CCCC(C1)S2. The van der Waals surface area contributed by atoms with E-state index < -0.39 is 0 Å². The number of rotatable bonds is 4. The Morgan fingerprint density at radius 2 is 1.96 bits per heavy atom. The average molecular weight is 340 g/mol. The predicted octanol–water partition coefficient (Wildman–Crippen LogP) is 5.85. The van der Waals surface area contributed by atoms with E-state index >= 15 is 0 Å². The van der Waals surface area contributed by atoms with E-state index in [1.165, 1.54) is 30.9 Å². The monoisotopic (exact) mass is 340 g/mol. The summed E-state index contributed by atoms with van der Waals surface area (Å²) >= 11 is 2.06. The molecule has 2 aromatic rings. The van der Waals surface area contributed by atoms with Crippen molar-refractivity contribution in [3.63, 3.8) is 0 Å². The fourth-order valence-corrected chi connectivity index (χ4v) is 5.15. The summed E-state index contributed by atoms with van der Waals surface area (Å²) in [5.41, 5.74) is 3.01. The van der Waals surface area contributed by atoms with Crippen molar-refractivity contribution in [1.29, 1.82) is 0 Å².